The largest absolute Gasteiger partial charge is 0.482 e. The number of hydrogen-bond donors (Lipinski definition) is 1. The van der Waals surface area contributed by atoms with Gasteiger partial charge in [-0.05, 0) is 37.5 Å². The number of nitrogens with zero attached hydrogens (tertiary/aromatic N) is 1. The molecule has 0 bridgehead atoms. The lowest BCUT2D eigenvalue weighted by Gasteiger charge is -2.17. The number of ether oxygens (including phenoxy) is 1. The summed E-state index contributed by atoms with van der Waals surface area (Å²) in [6, 6.07) is 4.87. The highest BCUT2D eigenvalue weighted by atomic mass is 19.4. The fraction of sp³-hybridized carbons (Fsp3) is 0.529. The zero-order valence-electron chi connectivity index (χ0n) is 13.7. The number of benzene rings is 1. The van der Waals surface area contributed by atoms with Crippen LogP contribution in [0.15, 0.2) is 18.2 Å². The minimum atomic E-state index is -4.46. The zero-order valence-corrected chi connectivity index (χ0v) is 13.7. The van der Waals surface area contributed by atoms with Crippen LogP contribution in [0.2, 0.25) is 0 Å². The molecule has 0 radical (unpaired) electrons. The van der Waals surface area contributed by atoms with Crippen molar-refractivity contribution in [2.75, 3.05) is 18.5 Å². The van der Waals surface area contributed by atoms with Gasteiger partial charge in [-0.25, -0.2) is 0 Å². The minimum Gasteiger partial charge on any atom is -0.482 e. The van der Waals surface area contributed by atoms with Crippen molar-refractivity contribution in [1.29, 1.82) is 0 Å². The number of anilines is 1. The average Bonchev–Trinajstić information content (AvgIpc) is 3.29. The summed E-state index contributed by atoms with van der Waals surface area (Å²) in [5.41, 5.74) is 0.892. The Bertz CT molecular complexity index is 686. The van der Waals surface area contributed by atoms with Gasteiger partial charge in [0.2, 0.25) is 11.8 Å². The first-order chi connectivity index (χ1) is 11.7. The second kappa shape index (κ2) is 6.57. The summed E-state index contributed by atoms with van der Waals surface area (Å²) < 4.78 is 42.0. The van der Waals surface area contributed by atoms with Crippen molar-refractivity contribution < 1.29 is 27.5 Å². The first-order valence-electron chi connectivity index (χ1n) is 8.13. The third kappa shape index (κ3) is 4.43. The Morgan fingerprint density at radius 1 is 1.36 bits per heavy atom. The Morgan fingerprint density at radius 3 is 2.72 bits per heavy atom. The standard InChI is InChI=1S/C17H19F3N2O3/c1-10-2-5-13(14(6-10)25-9-17(18,19)20)21-16(24)11-7-15(23)22(8-11)12-3-4-12/h2,5-6,11-12H,3-4,7-9H2,1H3,(H,21,24). The molecule has 1 heterocycles. The lowest BCUT2D eigenvalue weighted by atomic mass is 10.1. The van der Waals surface area contributed by atoms with E-state index >= 15 is 0 Å². The fourth-order valence-electron chi connectivity index (χ4n) is 2.89. The SMILES string of the molecule is Cc1ccc(NC(=O)C2CC(=O)N(C3CC3)C2)c(OCC(F)(F)F)c1. The number of likely N-dealkylation sites (tertiary alicyclic amines) is 1. The maximum Gasteiger partial charge on any atom is 0.422 e. The number of alkyl halides is 3. The molecule has 8 heteroatoms. The van der Waals surface area contributed by atoms with Crippen LogP contribution in [0.1, 0.15) is 24.8 Å². The van der Waals surface area contributed by atoms with Crippen LogP contribution in [-0.4, -0.2) is 42.1 Å². The van der Waals surface area contributed by atoms with Crippen molar-refractivity contribution in [3.05, 3.63) is 23.8 Å². The first-order valence-corrected chi connectivity index (χ1v) is 8.13. The number of hydrogen-bond acceptors (Lipinski definition) is 3. The average molecular weight is 356 g/mol. The highest BCUT2D eigenvalue weighted by Gasteiger charge is 2.41. The molecule has 0 aromatic heterocycles. The lowest BCUT2D eigenvalue weighted by Crippen LogP contribution is -2.30. The molecule has 3 rings (SSSR count). The van der Waals surface area contributed by atoms with Gasteiger partial charge in [-0.15, -0.1) is 0 Å². The molecular formula is C17H19F3N2O3. The van der Waals surface area contributed by atoms with Crippen LogP contribution in [0, 0.1) is 12.8 Å². The number of carbonyl (C=O) groups is 2. The number of halogens is 3. The van der Waals surface area contributed by atoms with E-state index in [0.29, 0.717) is 12.1 Å². The molecule has 1 unspecified atom stereocenters. The summed E-state index contributed by atoms with van der Waals surface area (Å²) in [7, 11) is 0. The first kappa shape index (κ1) is 17.6. The second-order valence-corrected chi connectivity index (χ2v) is 6.57. The Labute approximate surface area is 143 Å². The molecule has 1 aromatic carbocycles. The van der Waals surface area contributed by atoms with Crippen LogP contribution in [0.4, 0.5) is 18.9 Å². The van der Waals surface area contributed by atoms with Crippen LogP contribution < -0.4 is 10.1 Å². The molecule has 136 valence electrons. The van der Waals surface area contributed by atoms with E-state index in [1.165, 1.54) is 12.1 Å². The number of rotatable bonds is 5. The molecular weight excluding hydrogens is 337 g/mol. The Morgan fingerprint density at radius 2 is 2.08 bits per heavy atom. The van der Waals surface area contributed by atoms with Crippen LogP contribution in [0.25, 0.3) is 0 Å². The van der Waals surface area contributed by atoms with Crippen molar-refractivity contribution in [1.82, 2.24) is 4.90 Å². The third-order valence-corrected chi connectivity index (χ3v) is 4.30. The predicted octanol–water partition coefficient (Wildman–Crippen LogP) is 2.89. The monoisotopic (exact) mass is 356 g/mol. The van der Waals surface area contributed by atoms with Gasteiger partial charge >= 0.3 is 6.18 Å². The van der Waals surface area contributed by atoms with Crippen molar-refractivity contribution >= 4 is 17.5 Å². The molecule has 5 nitrogen and oxygen atoms in total. The summed E-state index contributed by atoms with van der Waals surface area (Å²) >= 11 is 0. The molecule has 1 aromatic rings. The molecule has 0 spiro atoms. The van der Waals surface area contributed by atoms with Gasteiger partial charge in [-0.2, -0.15) is 13.2 Å². The topological polar surface area (TPSA) is 58.6 Å². The van der Waals surface area contributed by atoms with Gasteiger partial charge in [0.1, 0.15) is 5.75 Å². The van der Waals surface area contributed by atoms with E-state index in [9.17, 15) is 22.8 Å². The summed E-state index contributed by atoms with van der Waals surface area (Å²) in [6.07, 6.45) is -2.40. The van der Waals surface area contributed by atoms with Crippen LogP contribution in [0.5, 0.6) is 5.75 Å². The number of carbonyl (C=O) groups excluding carboxylic acids is 2. The van der Waals surface area contributed by atoms with Crippen molar-refractivity contribution in [2.24, 2.45) is 5.92 Å². The normalized spacial score (nSPS) is 20.7. The van der Waals surface area contributed by atoms with E-state index < -0.39 is 18.7 Å². The molecule has 2 aliphatic rings. The molecule has 1 N–H and O–H groups in total. The number of amides is 2. The lowest BCUT2D eigenvalue weighted by molar-refractivity contribution is -0.153. The van der Waals surface area contributed by atoms with E-state index in [1.807, 2.05) is 0 Å². The van der Waals surface area contributed by atoms with Crippen LogP contribution in [0.3, 0.4) is 0 Å². The summed E-state index contributed by atoms with van der Waals surface area (Å²) in [4.78, 5) is 26.1. The molecule has 2 amide bonds. The summed E-state index contributed by atoms with van der Waals surface area (Å²) in [5.74, 6) is -0.948. The quantitative estimate of drug-likeness (QED) is 0.883. The summed E-state index contributed by atoms with van der Waals surface area (Å²) in [5, 5.41) is 2.61. The highest BCUT2D eigenvalue weighted by molar-refractivity contribution is 5.98. The Kier molecular flexibility index (Phi) is 4.62. The van der Waals surface area contributed by atoms with E-state index in [1.54, 1.807) is 17.9 Å². The van der Waals surface area contributed by atoms with Gasteiger partial charge in [0.05, 0.1) is 11.6 Å². The Balaban J connectivity index is 1.67. The van der Waals surface area contributed by atoms with Crippen molar-refractivity contribution in [3.8, 4) is 5.75 Å². The molecule has 1 saturated carbocycles. The molecule has 1 aliphatic carbocycles. The van der Waals surface area contributed by atoms with E-state index in [0.717, 1.165) is 12.8 Å². The minimum absolute atomic E-state index is 0.0333. The Hall–Kier alpha value is -2.25. The predicted molar refractivity (Wildman–Crippen MR) is 84.2 cm³/mol. The maximum absolute atomic E-state index is 12.4. The van der Waals surface area contributed by atoms with Crippen molar-refractivity contribution in [2.45, 2.75) is 38.4 Å². The molecule has 25 heavy (non-hydrogen) atoms. The number of nitrogens with one attached hydrogen (secondary N) is 1. The van der Waals surface area contributed by atoms with Gasteiger partial charge in [0.25, 0.3) is 0 Å². The molecule has 2 fully saturated rings. The van der Waals surface area contributed by atoms with Crippen LogP contribution in [-0.2, 0) is 9.59 Å². The van der Waals surface area contributed by atoms with Gasteiger partial charge in [0.15, 0.2) is 6.61 Å². The second-order valence-electron chi connectivity index (χ2n) is 6.57. The summed E-state index contributed by atoms with van der Waals surface area (Å²) in [6.45, 7) is 0.645. The maximum atomic E-state index is 12.4. The molecule has 1 aliphatic heterocycles. The fourth-order valence-corrected chi connectivity index (χ4v) is 2.89. The van der Waals surface area contributed by atoms with Gasteiger partial charge in [-0.3, -0.25) is 9.59 Å². The third-order valence-electron chi connectivity index (χ3n) is 4.30. The molecule has 1 atom stereocenters. The zero-order chi connectivity index (χ0) is 18.2. The van der Waals surface area contributed by atoms with Crippen molar-refractivity contribution in [3.63, 3.8) is 0 Å². The van der Waals surface area contributed by atoms with E-state index in [4.69, 9.17) is 4.74 Å². The van der Waals surface area contributed by atoms with Crippen LogP contribution >= 0.6 is 0 Å². The smallest absolute Gasteiger partial charge is 0.422 e. The van der Waals surface area contributed by atoms with Gasteiger partial charge < -0.3 is 15.0 Å². The highest BCUT2D eigenvalue weighted by Crippen LogP contribution is 2.34. The van der Waals surface area contributed by atoms with E-state index in [2.05, 4.69) is 5.32 Å². The van der Waals surface area contributed by atoms with E-state index in [-0.39, 0.29) is 35.7 Å². The number of aryl methyl sites for hydroxylation is 1. The van der Waals surface area contributed by atoms with Gasteiger partial charge in [-0.1, -0.05) is 6.07 Å². The molecule has 1 saturated heterocycles. The van der Waals surface area contributed by atoms with Gasteiger partial charge in [0, 0.05) is 19.0 Å².